The zero-order valence-corrected chi connectivity index (χ0v) is 8.34. The van der Waals surface area contributed by atoms with Gasteiger partial charge in [-0.1, -0.05) is 6.42 Å². The molecule has 2 heterocycles. The third-order valence-corrected chi connectivity index (χ3v) is 4.00. The highest BCUT2D eigenvalue weighted by Gasteiger charge is 2.40. The number of rotatable bonds is 1. The van der Waals surface area contributed by atoms with Gasteiger partial charge in [-0.2, -0.15) is 0 Å². The molecule has 3 rings (SSSR count). The molecule has 0 aromatic heterocycles. The summed E-state index contributed by atoms with van der Waals surface area (Å²) in [5.41, 5.74) is 0. The van der Waals surface area contributed by atoms with Crippen LogP contribution in [0.2, 0.25) is 0 Å². The average Bonchev–Trinajstić information content (AvgIpc) is 3.00. The molecular formula is C11H20N2. The van der Waals surface area contributed by atoms with Crippen molar-refractivity contribution in [2.75, 3.05) is 19.6 Å². The number of piperazine rings is 1. The fourth-order valence-corrected chi connectivity index (χ4v) is 3.11. The van der Waals surface area contributed by atoms with Crippen LogP contribution in [0.4, 0.5) is 0 Å². The second-order valence-electron chi connectivity index (χ2n) is 4.95. The van der Waals surface area contributed by atoms with Crippen LogP contribution < -0.4 is 5.32 Å². The van der Waals surface area contributed by atoms with Crippen LogP contribution in [0.5, 0.6) is 0 Å². The first-order valence-electron chi connectivity index (χ1n) is 5.91. The van der Waals surface area contributed by atoms with Gasteiger partial charge in [-0.15, -0.1) is 0 Å². The summed E-state index contributed by atoms with van der Waals surface area (Å²) in [4.78, 5) is 2.82. The van der Waals surface area contributed by atoms with Gasteiger partial charge < -0.3 is 5.32 Å². The number of hydrogen-bond acceptors (Lipinski definition) is 2. The highest BCUT2D eigenvalue weighted by molar-refractivity contribution is 4.97. The number of nitrogens with one attached hydrogen (secondary N) is 1. The smallest absolute Gasteiger partial charge is 0.0252 e. The quantitative estimate of drug-likeness (QED) is 0.653. The molecule has 3 aliphatic rings. The molecule has 2 heteroatoms. The Kier molecular flexibility index (Phi) is 2.06. The molecule has 1 N–H and O–H groups in total. The first-order valence-corrected chi connectivity index (χ1v) is 5.91. The molecule has 0 aromatic carbocycles. The fraction of sp³-hybridized carbons (Fsp3) is 1.00. The van der Waals surface area contributed by atoms with Crippen LogP contribution in [0.25, 0.3) is 0 Å². The van der Waals surface area contributed by atoms with Crippen LogP contribution >= 0.6 is 0 Å². The van der Waals surface area contributed by atoms with Crippen molar-refractivity contribution in [3.8, 4) is 0 Å². The highest BCUT2D eigenvalue weighted by atomic mass is 15.3. The van der Waals surface area contributed by atoms with Gasteiger partial charge in [0.2, 0.25) is 0 Å². The Hall–Kier alpha value is -0.0800. The maximum absolute atomic E-state index is 3.61. The standard InChI is InChI=1S/C11H20N2/c1-2-6-13-10(3-1)7-12-8-11(13)9-4-5-9/h9-12H,1-8H2. The van der Waals surface area contributed by atoms with Gasteiger partial charge in [-0.3, -0.25) is 4.90 Å². The largest absolute Gasteiger partial charge is 0.314 e. The van der Waals surface area contributed by atoms with Crippen LogP contribution in [0.3, 0.4) is 0 Å². The van der Waals surface area contributed by atoms with Gasteiger partial charge >= 0.3 is 0 Å². The average molecular weight is 180 g/mol. The van der Waals surface area contributed by atoms with Crippen LogP contribution in [-0.2, 0) is 0 Å². The molecular weight excluding hydrogens is 160 g/mol. The van der Waals surface area contributed by atoms with Crippen LogP contribution in [-0.4, -0.2) is 36.6 Å². The van der Waals surface area contributed by atoms with Gasteiger partial charge in [0, 0.05) is 25.2 Å². The Morgan fingerprint density at radius 1 is 1.00 bits per heavy atom. The van der Waals surface area contributed by atoms with Crippen LogP contribution in [0.15, 0.2) is 0 Å². The van der Waals surface area contributed by atoms with E-state index in [0.29, 0.717) is 0 Å². The van der Waals surface area contributed by atoms with Crippen molar-refractivity contribution in [2.45, 2.75) is 44.2 Å². The number of fused-ring (bicyclic) bond motifs is 1. The van der Waals surface area contributed by atoms with Crippen molar-refractivity contribution in [2.24, 2.45) is 5.92 Å². The third-order valence-electron chi connectivity index (χ3n) is 4.00. The number of nitrogens with zero attached hydrogens (tertiary/aromatic N) is 1. The minimum Gasteiger partial charge on any atom is -0.314 e. The molecule has 0 amide bonds. The lowest BCUT2D eigenvalue weighted by Gasteiger charge is -2.45. The summed E-state index contributed by atoms with van der Waals surface area (Å²) in [7, 11) is 0. The van der Waals surface area contributed by atoms with Gasteiger partial charge in [0.1, 0.15) is 0 Å². The minimum atomic E-state index is 0.882. The van der Waals surface area contributed by atoms with E-state index in [1.54, 1.807) is 0 Å². The summed E-state index contributed by atoms with van der Waals surface area (Å²) in [6, 6.07) is 1.78. The van der Waals surface area contributed by atoms with E-state index in [4.69, 9.17) is 0 Å². The van der Waals surface area contributed by atoms with Gasteiger partial charge in [0.05, 0.1) is 0 Å². The molecule has 13 heavy (non-hydrogen) atoms. The van der Waals surface area contributed by atoms with Crippen molar-refractivity contribution < 1.29 is 0 Å². The Labute approximate surface area is 80.7 Å². The van der Waals surface area contributed by atoms with Crippen molar-refractivity contribution in [1.29, 1.82) is 0 Å². The maximum Gasteiger partial charge on any atom is 0.0252 e. The Morgan fingerprint density at radius 3 is 2.77 bits per heavy atom. The van der Waals surface area contributed by atoms with Crippen molar-refractivity contribution in [3.05, 3.63) is 0 Å². The van der Waals surface area contributed by atoms with Gasteiger partial charge in [-0.05, 0) is 38.1 Å². The highest BCUT2D eigenvalue weighted by Crippen LogP contribution is 2.38. The maximum atomic E-state index is 3.61. The lowest BCUT2D eigenvalue weighted by Crippen LogP contribution is -2.59. The van der Waals surface area contributed by atoms with E-state index in [9.17, 15) is 0 Å². The normalized spacial score (nSPS) is 41.5. The Bertz CT molecular complexity index is 187. The summed E-state index contributed by atoms with van der Waals surface area (Å²) in [6.45, 7) is 3.90. The lowest BCUT2D eigenvalue weighted by atomic mass is 9.95. The molecule has 3 fully saturated rings. The molecule has 74 valence electrons. The summed E-state index contributed by atoms with van der Waals surface area (Å²) in [5.74, 6) is 1.05. The van der Waals surface area contributed by atoms with Gasteiger partial charge in [0.15, 0.2) is 0 Å². The van der Waals surface area contributed by atoms with E-state index in [2.05, 4.69) is 10.2 Å². The topological polar surface area (TPSA) is 15.3 Å². The Balaban J connectivity index is 1.71. The molecule has 2 unspecified atom stereocenters. The van der Waals surface area contributed by atoms with Crippen LogP contribution in [0.1, 0.15) is 32.1 Å². The zero-order valence-electron chi connectivity index (χ0n) is 8.34. The Morgan fingerprint density at radius 2 is 1.92 bits per heavy atom. The summed E-state index contributed by atoms with van der Waals surface area (Å²) in [5, 5.41) is 3.61. The molecule has 2 nitrogen and oxygen atoms in total. The van der Waals surface area contributed by atoms with Crippen LogP contribution in [0, 0.1) is 5.92 Å². The molecule has 2 saturated heterocycles. The van der Waals surface area contributed by atoms with E-state index in [0.717, 1.165) is 18.0 Å². The molecule has 2 atom stereocenters. The third kappa shape index (κ3) is 1.50. The molecule has 2 aliphatic heterocycles. The number of hydrogen-bond donors (Lipinski definition) is 1. The van der Waals surface area contributed by atoms with Crippen molar-refractivity contribution >= 4 is 0 Å². The molecule has 0 spiro atoms. The minimum absolute atomic E-state index is 0.882. The van der Waals surface area contributed by atoms with E-state index in [1.807, 2.05) is 0 Å². The van der Waals surface area contributed by atoms with E-state index >= 15 is 0 Å². The predicted molar refractivity (Wildman–Crippen MR) is 53.7 cm³/mol. The first kappa shape index (κ1) is 8.25. The SMILES string of the molecule is C1CCN2C(C1)CNCC2C1CC1. The predicted octanol–water partition coefficient (Wildman–Crippen LogP) is 1.22. The molecule has 1 aliphatic carbocycles. The van der Waals surface area contributed by atoms with Crippen molar-refractivity contribution in [1.82, 2.24) is 10.2 Å². The number of piperidine rings is 1. The summed E-state index contributed by atoms with van der Waals surface area (Å²) >= 11 is 0. The first-order chi connectivity index (χ1) is 6.45. The molecule has 1 saturated carbocycles. The van der Waals surface area contributed by atoms with E-state index in [-0.39, 0.29) is 0 Å². The molecule has 0 bridgehead atoms. The second-order valence-corrected chi connectivity index (χ2v) is 4.95. The van der Waals surface area contributed by atoms with E-state index in [1.165, 1.54) is 51.7 Å². The second kappa shape index (κ2) is 3.25. The molecule has 0 aromatic rings. The fourth-order valence-electron chi connectivity index (χ4n) is 3.11. The molecule has 0 radical (unpaired) electrons. The van der Waals surface area contributed by atoms with Gasteiger partial charge in [-0.25, -0.2) is 0 Å². The monoisotopic (exact) mass is 180 g/mol. The zero-order chi connectivity index (χ0) is 8.67. The lowest BCUT2D eigenvalue weighted by molar-refractivity contribution is 0.0538. The van der Waals surface area contributed by atoms with E-state index < -0.39 is 0 Å². The summed E-state index contributed by atoms with van der Waals surface area (Å²) < 4.78 is 0. The summed E-state index contributed by atoms with van der Waals surface area (Å²) in [6.07, 6.45) is 7.33. The van der Waals surface area contributed by atoms with Crippen molar-refractivity contribution in [3.63, 3.8) is 0 Å². The van der Waals surface area contributed by atoms with Gasteiger partial charge in [0.25, 0.3) is 0 Å².